The number of amides is 1. The van der Waals surface area contributed by atoms with Gasteiger partial charge in [-0.25, -0.2) is 18.8 Å². The Morgan fingerprint density at radius 3 is 1.59 bits per heavy atom. The number of hydrogen-bond donors (Lipinski definition) is 2. The summed E-state index contributed by atoms with van der Waals surface area (Å²) in [6.07, 6.45) is -15.2. The first-order valence-corrected chi connectivity index (χ1v) is 11.1. The summed E-state index contributed by atoms with van der Waals surface area (Å²) in [5.74, 6) is -8.14. The Kier molecular flexibility index (Phi) is 9.00. The van der Waals surface area contributed by atoms with Gasteiger partial charge in [-0.05, 0) is 48.5 Å². The molecule has 2 atom stereocenters. The van der Waals surface area contributed by atoms with E-state index in [9.17, 15) is 55.0 Å². The predicted octanol–water partition coefficient (Wildman–Crippen LogP) is 5.34. The molecule has 0 aliphatic heterocycles. The third kappa shape index (κ3) is 7.80. The third-order valence-electron chi connectivity index (χ3n) is 5.23. The molecule has 0 heterocycles. The van der Waals surface area contributed by atoms with Gasteiger partial charge in [0.1, 0.15) is 5.82 Å². The van der Waals surface area contributed by atoms with Crippen LogP contribution in [0.3, 0.4) is 0 Å². The smallest absolute Gasteiger partial charge is 0.416 e. The average Bonchev–Trinajstić information content (AvgIpc) is 2.90. The minimum atomic E-state index is -4.90. The van der Waals surface area contributed by atoms with Crippen LogP contribution in [0.1, 0.15) is 31.8 Å². The molecule has 0 aliphatic carbocycles. The quantitative estimate of drug-likeness (QED) is 0.270. The molecular formula is C26H16F7NO7. The van der Waals surface area contributed by atoms with Crippen LogP contribution in [0, 0.1) is 5.82 Å². The van der Waals surface area contributed by atoms with Gasteiger partial charge in [-0.3, -0.25) is 4.79 Å². The lowest BCUT2D eigenvalue weighted by atomic mass is 10.1. The van der Waals surface area contributed by atoms with E-state index in [0.717, 1.165) is 36.4 Å². The molecule has 0 bridgehead atoms. The third-order valence-corrected chi connectivity index (χ3v) is 5.23. The molecule has 15 heteroatoms. The fraction of sp³-hybridized carbons (Fsp3) is 0.154. The summed E-state index contributed by atoms with van der Waals surface area (Å²) in [7, 11) is 0. The number of rotatable bonds is 8. The Hall–Kier alpha value is -4.95. The largest absolute Gasteiger partial charge is 0.478 e. The molecule has 41 heavy (non-hydrogen) atoms. The van der Waals surface area contributed by atoms with Crippen molar-refractivity contribution in [2.75, 3.05) is 5.32 Å². The zero-order valence-corrected chi connectivity index (χ0v) is 20.1. The van der Waals surface area contributed by atoms with Crippen molar-refractivity contribution < 1.29 is 64.5 Å². The van der Waals surface area contributed by atoms with Crippen LogP contribution in [-0.4, -0.2) is 41.1 Å². The lowest BCUT2D eigenvalue weighted by molar-refractivity contribution is -0.157. The van der Waals surface area contributed by atoms with Crippen molar-refractivity contribution in [2.45, 2.75) is 24.6 Å². The fourth-order valence-electron chi connectivity index (χ4n) is 3.27. The van der Waals surface area contributed by atoms with E-state index in [-0.39, 0.29) is 0 Å². The number of carboxylic acids is 1. The van der Waals surface area contributed by atoms with Crippen LogP contribution in [0.2, 0.25) is 0 Å². The maximum absolute atomic E-state index is 14.1. The number of para-hydroxylation sites is 1. The van der Waals surface area contributed by atoms with E-state index in [1.54, 1.807) is 0 Å². The molecule has 3 aromatic carbocycles. The number of esters is 2. The number of nitrogens with one attached hydrogen (secondary N) is 1. The monoisotopic (exact) mass is 587 g/mol. The molecule has 3 aromatic rings. The number of alkyl halides is 6. The van der Waals surface area contributed by atoms with Gasteiger partial charge in [-0.2, -0.15) is 26.3 Å². The standard InChI is InChI=1S/C26H16F7NO7/c27-17-9-1-2-10-18(17)34-21(35)19(40-23(38)13-5-3-7-15(11-13)25(28,29)30)20(22(36)37)41-24(39)14-6-4-8-16(12-14)26(31,32)33/h1-12,19-20H,(H,34,35)(H,36,37)/t19-,20+/m0/s1. The van der Waals surface area contributed by atoms with Gasteiger partial charge < -0.3 is 19.9 Å². The van der Waals surface area contributed by atoms with Gasteiger partial charge in [-0.15, -0.1) is 0 Å². The predicted molar refractivity (Wildman–Crippen MR) is 124 cm³/mol. The number of ether oxygens (including phenoxy) is 2. The highest BCUT2D eigenvalue weighted by Crippen LogP contribution is 2.31. The van der Waals surface area contributed by atoms with Crippen molar-refractivity contribution >= 4 is 29.5 Å². The van der Waals surface area contributed by atoms with Crippen molar-refractivity contribution in [3.8, 4) is 0 Å². The van der Waals surface area contributed by atoms with E-state index in [1.807, 2.05) is 5.32 Å². The number of carbonyl (C=O) groups is 4. The van der Waals surface area contributed by atoms with E-state index in [0.29, 0.717) is 24.3 Å². The molecule has 0 aliphatic rings. The lowest BCUT2D eigenvalue weighted by Crippen LogP contribution is -2.48. The van der Waals surface area contributed by atoms with Crippen LogP contribution in [0.4, 0.5) is 36.4 Å². The van der Waals surface area contributed by atoms with Crippen molar-refractivity contribution in [1.82, 2.24) is 0 Å². The van der Waals surface area contributed by atoms with Crippen LogP contribution in [0.25, 0.3) is 0 Å². The molecule has 0 saturated heterocycles. The Morgan fingerprint density at radius 2 is 1.15 bits per heavy atom. The van der Waals surface area contributed by atoms with E-state index >= 15 is 0 Å². The molecule has 0 radical (unpaired) electrons. The van der Waals surface area contributed by atoms with Gasteiger partial charge in [0.15, 0.2) is 0 Å². The normalized spacial score (nSPS) is 13.0. The second-order valence-electron chi connectivity index (χ2n) is 8.12. The molecule has 0 spiro atoms. The minimum absolute atomic E-state index is 0.324. The molecule has 3 rings (SSSR count). The molecule has 2 N–H and O–H groups in total. The fourth-order valence-corrected chi connectivity index (χ4v) is 3.27. The Morgan fingerprint density at radius 1 is 0.683 bits per heavy atom. The average molecular weight is 587 g/mol. The molecule has 0 aromatic heterocycles. The molecule has 1 amide bonds. The summed E-state index contributed by atoms with van der Waals surface area (Å²) in [6.45, 7) is 0. The van der Waals surface area contributed by atoms with Gasteiger partial charge in [0.2, 0.25) is 12.2 Å². The molecule has 216 valence electrons. The molecule has 8 nitrogen and oxygen atoms in total. The van der Waals surface area contributed by atoms with Gasteiger partial charge in [0, 0.05) is 0 Å². The highest BCUT2D eigenvalue weighted by atomic mass is 19.4. The van der Waals surface area contributed by atoms with E-state index < -0.39 is 82.1 Å². The SMILES string of the molecule is O=C(O[C@H](C(=O)Nc1ccccc1F)[C@@H](OC(=O)c1cccc(C(F)(F)F)c1)C(=O)O)c1cccc(C(F)(F)F)c1. The van der Waals surface area contributed by atoms with E-state index in [4.69, 9.17) is 9.47 Å². The number of anilines is 1. The van der Waals surface area contributed by atoms with Crippen LogP contribution in [-0.2, 0) is 31.4 Å². The number of carbonyl (C=O) groups excluding carboxylic acids is 3. The second kappa shape index (κ2) is 12.1. The number of carboxylic acid groups (broad SMARTS) is 1. The topological polar surface area (TPSA) is 119 Å². The van der Waals surface area contributed by atoms with Gasteiger partial charge >= 0.3 is 30.3 Å². The van der Waals surface area contributed by atoms with Gasteiger partial charge in [0.05, 0.1) is 27.9 Å². The van der Waals surface area contributed by atoms with E-state index in [2.05, 4.69) is 0 Å². The summed E-state index contributed by atoms with van der Waals surface area (Å²) < 4.78 is 102. The zero-order chi connectivity index (χ0) is 30.5. The van der Waals surface area contributed by atoms with Crippen LogP contribution in [0.15, 0.2) is 72.8 Å². The highest BCUT2D eigenvalue weighted by molar-refractivity contribution is 6.01. The summed E-state index contributed by atoms with van der Waals surface area (Å²) in [4.78, 5) is 50.3. The molecule has 0 saturated carbocycles. The van der Waals surface area contributed by atoms with Crippen molar-refractivity contribution in [3.63, 3.8) is 0 Å². The lowest BCUT2D eigenvalue weighted by Gasteiger charge is -2.24. The highest BCUT2D eigenvalue weighted by Gasteiger charge is 2.42. The second-order valence-corrected chi connectivity index (χ2v) is 8.12. The number of aliphatic carboxylic acids is 1. The zero-order valence-electron chi connectivity index (χ0n) is 20.1. The maximum Gasteiger partial charge on any atom is 0.416 e. The van der Waals surface area contributed by atoms with Gasteiger partial charge in [-0.1, -0.05) is 24.3 Å². The van der Waals surface area contributed by atoms with Crippen LogP contribution >= 0.6 is 0 Å². The van der Waals surface area contributed by atoms with Gasteiger partial charge in [0.25, 0.3) is 5.91 Å². The summed E-state index contributed by atoms with van der Waals surface area (Å²) in [5.41, 5.74) is -4.75. The van der Waals surface area contributed by atoms with Crippen LogP contribution < -0.4 is 5.32 Å². The van der Waals surface area contributed by atoms with Crippen LogP contribution in [0.5, 0.6) is 0 Å². The molecule has 0 fully saturated rings. The first-order valence-electron chi connectivity index (χ1n) is 11.1. The number of benzene rings is 3. The van der Waals surface area contributed by atoms with Crippen molar-refractivity contribution in [1.29, 1.82) is 0 Å². The molecular weight excluding hydrogens is 571 g/mol. The van der Waals surface area contributed by atoms with Crippen molar-refractivity contribution in [2.24, 2.45) is 0 Å². The first kappa shape index (κ1) is 30.6. The van der Waals surface area contributed by atoms with Crippen molar-refractivity contribution in [3.05, 3.63) is 101 Å². The minimum Gasteiger partial charge on any atom is -0.478 e. The molecule has 0 unspecified atom stereocenters. The Balaban J connectivity index is 1.98. The summed E-state index contributed by atoms with van der Waals surface area (Å²) >= 11 is 0. The summed E-state index contributed by atoms with van der Waals surface area (Å²) in [6, 6.07) is 9.56. The van der Waals surface area contributed by atoms with E-state index in [1.165, 1.54) is 12.1 Å². The maximum atomic E-state index is 14.1. The Bertz CT molecular complexity index is 1470. The number of hydrogen-bond acceptors (Lipinski definition) is 6. The first-order chi connectivity index (χ1) is 19.1. The Labute approximate surface area is 225 Å². The summed E-state index contributed by atoms with van der Waals surface area (Å²) in [5, 5.41) is 11.6. The number of halogens is 7.